The van der Waals surface area contributed by atoms with Gasteiger partial charge in [-0.1, -0.05) is 18.2 Å². The van der Waals surface area contributed by atoms with Crippen LogP contribution in [0.1, 0.15) is 17.9 Å². The molecule has 1 aliphatic rings. The van der Waals surface area contributed by atoms with E-state index in [0.29, 0.717) is 5.92 Å². The second-order valence-electron chi connectivity index (χ2n) is 5.93. The number of anilines is 1. The van der Waals surface area contributed by atoms with Crippen molar-refractivity contribution < 1.29 is 4.79 Å². The second-order valence-corrected chi connectivity index (χ2v) is 7.17. The summed E-state index contributed by atoms with van der Waals surface area (Å²) in [5, 5.41) is 5.21. The predicted molar refractivity (Wildman–Crippen MR) is 100 cm³/mol. The number of aromatic nitrogens is 1. The van der Waals surface area contributed by atoms with Gasteiger partial charge in [-0.05, 0) is 76.2 Å². The lowest BCUT2D eigenvalue weighted by Crippen LogP contribution is -2.14. The molecule has 1 aromatic heterocycles. The maximum Gasteiger partial charge on any atom is 0.228 e. The molecule has 1 heterocycles. The highest BCUT2D eigenvalue weighted by Gasteiger charge is 2.43. The summed E-state index contributed by atoms with van der Waals surface area (Å²) in [5.41, 5.74) is 2.11. The summed E-state index contributed by atoms with van der Waals surface area (Å²) >= 11 is 2.30. The van der Waals surface area contributed by atoms with Crippen molar-refractivity contribution in [2.75, 3.05) is 5.32 Å². The average Bonchev–Trinajstić information content (AvgIpc) is 3.36. The van der Waals surface area contributed by atoms with E-state index in [1.165, 1.54) is 9.13 Å². The molecule has 0 bridgehead atoms. The molecule has 23 heavy (non-hydrogen) atoms. The van der Waals surface area contributed by atoms with Crippen molar-refractivity contribution in [2.24, 2.45) is 5.92 Å². The minimum atomic E-state index is 0.0863. The van der Waals surface area contributed by atoms with Gasteiger partial charge in [0.15, 0.2) is 0 Å². The zero-order valence-electron chi connectivity index (χ0n) is 12.4. The summed E-state index contributed by atoms with van der Waals surface area (Å²) in [6.07, 6.45) is 4.53. The van der Waals surface area contributed by atoms with E-state index in [4.69, 9.17) is 0 Å². The fourth-order valence-corrected chi connectivity index (χ4v) is 3.32. The van der Waals surface area contributed by atoms with Crippen LogP contribution in [0.5, 0.6) is 0 Å². The number of pyridine rings is 1. The third kappa shape index (κ3) is 3.08. The Kier molecular flexibility index (Phi) is 3.77. The average molecular weight is 414 g/mol. The molecule has 3 nitrogen and oxygen atoms in total. The van der Waals surface area contributed by atoms with Crippen LogP contribution in [0.4, 0.5) is 5.69 Å². The van der Waals surface area contributed by atoms with E-state index in [1.807, 2.05) is 30.5 Å². The molecule has 1 amide bonds. The number of rotatable bonds is 3. The quantitative estimate of drug-likeness (QED) is 0.638. The first-order chi connectivity index (χ1) is 11.2. The van der Waals surface area contributed by atoms with Gasteiger partial charge < -0.3 is 5.32 Å². The van der Waals surface area contributed by atoms with Crippen molar-refractivity contribution >= 4 is 45.0 Å². The Hall–Kier alpha value is -1.95. The number of fused-ring (bicyclic) bond motifs is 1. The summed E-state index contributed by atoms with van der Waals surface area (Å²) in [6.45, 7) is 0. The molecule has 4 heteroatoms. The maximum absolute atomic E-state index is 12.4. The molecular formula is C19H15IN2O. The van der Waals surface area contributed by atoms with Crippen LogP contribution in [0.2, 0.25) is 0 Å². The molecule has 0 aliphatic heterocycles. The predicted octanol–water partition coefficient (Wildman–Crippen LogP) is 4.58. The Morgan fingerprint density at radius 3 is 2.74 bits per heavy atom. The van der Waals surface area contributed by atoms with E-state index in [2.05, 4.69) is 57.2 Å². The Balaban J connectivity index is 1.46. The van der Waals surface area contributed by atoms with Crippen LogP contribution in [-0.2, 0) is 4.79 Å². The van der Waals surface area contributed by atoms with Gasteiger partial charge in [0.2, 0.25) is 5.91 Å². The van der Waals surface area contributed by atoms with Crippen molar-refractivity contribution in [3.8, 4) is 0 Å². The molecule has 0 radical (unpaired) electrons. The Morgan fingerprint density at radius 2 is 1.91 bits per heavy atom. The standard InChI is InChI=1S/C19H15IN2O/c20-15-4-1-12(2-5-15)17-10-18(17)19(23)22-16-6-3-14-11-21-8-7-13(14)9-16/h1-9,11,17-18H,10H2,(H,22,23)/t17-,18+/m0/s1. The molecule has 2 atom stereocenters. The molecule has 1 N–H and O–H groups in total. The molecule has 4 rings (SSSR count). The minimum Gasteiger partial charge on any atom is -0.326 e. The Morgan fingerprint density at radius 1 is 1.09 bits per heavy atom. The summed E-state index contributed by atoms with van der Waals surface area (Å²) in [7, 11) is 0. The molecular weight excluding hydrogens is 399 g/mol. The van der Waals surface area contributed by atoms with E-state index in [1.54, 1.807) is 6.20 Å². The smallest absolute Gasteiger partial charge is 0.228 e. The molecule has 0 spiro atoms. The van der Waals surface area contributed by atoms with Crippen molar-refractivity contribution in [1.82, 2.24) is 4.98 Å². The highest BCUT2D eigenvalue weighted by atomic mass is 127. The van der Waals surface area contributed by atoms with Crippen LogP contribution < -0.4 is 5.32 Å². The largest absolute Gasteiger partial charge is 0.326 e. The molecule has 1 aliphatic carbocycles. The normalized spacial score (nSPS) is 19.5. The number of hydrogen-bond donors (Lipinski definition) is 1. The van der Waals surface area contributed by atoms with Gasteiger partial charge in [0.1, 0.15) is 0 Å². The van der Waals surface area contributed by atoms with Gasteiger partial charge in [0.05, 0.1) is 0 Å². The second kappa shape index (κ2) is 5.92. The first-order valence-corrected chi connectivity index (χ1v) is 8.69. The monoisotopic (exact) mass is 414 g/mol. The van der Waals surface area contributed by atoms with Crippen molar-refractivity contribution in [3.63, 3.8) is 0 Å². The van der Waals surface area contributed by atoms with Gasteiger partial charge in [-0.3, -0.25) is 9.78 Å². The summed E-state index contributed by atoms with van der Waals surface area (Å²) in [5.74, 6) is 0.557. The van der Waals surface area contributed by atoms with Crippen LogP contribution >= 0.6 is 22.6 Å². The zero-order chi connectivity index (χ0) is 15.8. The van der Waals surface area contributed by atoms with Gasteiger partial charge in [-0.15, -0.1) is 0 Å². The van der Waals surface area contributed by atoms with Crippen molar-refractivity contribution in [3.05, 3.63) is 70.1 Å². The maximum atomic E-state index is 12.4. The summed E-state index contributed by atoms with van der Waals surface area (Å²) in [6, 6.07) is 16.3. The molecule has 114 valence electrons. The number of carbonyl (C=O) groups excluding carboxylic acids is 1. The molecule has 3 aromatic rings. The molecule has 1 fully saturated rings. The van der Waals surface area contributed by atoms with Crippen LogP contribution in [0.15, 0.2) is 60.9 Å². The Labute approximate surface area is 148 Å². The zero-order valence-corrected chi connectivity index (χ0v) is 14.5. The van der Waals surface area contributed by atoms with E-state index in [9.17, 15) is 4.79 Å². The highest BCUT2D eigenvalue weighted by Crippen LogP contribution is 2.48. The fraction of sp³-hybridized carbons (Fsp3) is 0.158. The number of nitrogens with one attached hydrogen (secondary N) is 1. The van der Waals surface area contributed by atoms with Gasteiger partial charge in [0.25, 0.3) is 0 Å². The van der Waals surface area contributed by atoms with Crippen molar-refractivity contribution in [1.29, 1.82) is 0 Å². The molecule has 0 unspecified atom stereocenters. The summed E-state index contributed by atoms with van der Waals surface area (Å²) in [4.78, 5) is 16.5. The van der Waals surface area contributed by atoms with Crippen LogP contribution in [-0.4, -0.2) is 10.9 Å². The number of halogens is 1. The van der Waals surface area contributed by atoms with E-state index < -0.39 is 0 Å². The summed E-state index contributed by atoms with van der Waals surface area (Å²) < 4.78 is 1.22. The highest BCUT2D eigenvalue weighted by molar-refractivity contribution is 14.1. The van der Waals surface area contributed by atoms with E-state index in [-0.39, 0.29) is 11.8 Å². The molecule has 0 saturated heterocycles. The molecule has 1 saturated carbocycles. The lowest BCUT2D eigenvalue weighted by Gasteiger charge is -2.06. The number of amides is 1. The SMILES string of the molecule is O=C(Nc1ccc2cnccc2c1)[C@@H]1C[C@H]1c1ccc(I)cc1. The van der Waals surface area contributed by atoms with E-state index in [0.717, 1.165) is 22.9 Å². The van der Waals surface area contributed by atoms with E-state index >= 15 is 0 Å². The number of benzene rings is 2. The fourth-order valence-electron chi connectivity index (χ4n) is 2.96. The molecule has 2 aromatic carbocycles. The first-order valence-electron chi connectivity index (χ1n) is 7.61. The Bertz CT molecular complexity index is 876. The topological polar surface area (TPSA) is 42.0 Å². The van der Waals surface area contributed by atoms with Crippen molar-refractivity contribution in [2.45, 2.75) is 12.3 Å². The van der Waals surface area contributed by atoms with Crippen LogP contribution in [0.25, 0.3) is 10.8 Å². The lowest BCUT2D eigenvalue weighted by molar-refractivity contribution is -0.117. The van der Waals surface area contributed by atoms with Gasteiger partial charge in [-0.25, -0.2) is 0 Å². The number of carbonyl (C=O) groups is 1. The third-order valence-corrected chi connectivity index (χ3v) is 5.05. The minimum absolute atomic E-state index is 0.0863. The van der Waals surface area contributed by atoms with Crippen LogP contribution in [0, 0.1) is 9.49 Å². The first kappa shape index (κ1) is 14.6. The number of hydrogen-bond acceptors (Lipinski definition) is 2. The lowest BCUT2D eigenvalue weighted by atomic mass is 10.1. The van der Waals surface area contributed by atoms with Gasteiger partial charge in [-0.2, -0.15) is 0 Å². The van der Waals surface area contributed by atoms with Crippen LogP contribution in [0.3, 0.4) is 0 Å². The number of nitrogens with zero attached hydrogens (tertiary/aromatic N) is 1. The van der Waals surface area contributed by atoms with Gasteiger partial charge in [0, 0.05) is 33.0 Å². The third-order valence-electron chi connectivity index (χ3n) is 4.33. The van der Waals surface area contributed by atoms with Gasteiger partial charge >= 0.3 is 0 Å².